The van der Waals surface area contributed by atoms with Gasteiger partial charge in [0.2, 0.25) is 0 Å². The van der Waals surface area contributed by atoms with Crippen molar-refractivity contribution in [1.82, 2.24) is 0 Å². The van der Waals surface area contributed by atoms with E-state index in [4.69, 9.17) is 9.98 Å². The summed E-state index contributed by atoms with van der Waals surface area (Å²) in [5.41, 5.74) is 6.38. The smallest absolute Gasteiger partial charge is 0.545 e. The number of benzene rings is 4. The van der Waals surface area contributed by atoms with Crippen molar-refractivity contribution >= 4 is 34.7 Å². The molecule has 0 saturated carbocycles. The van der Waals surface area contributed by atoms with Crippen LogP contribution in [0.25, 0.3) is 0 Å². The Labute approximate surface area is 360 Å². The van der Waals surface area contributed by atoms with Gasteiger partial charge in [0.05, 0.1) is 34.7 Å². The normalized spacial score (nSPS) is 11.1. The number of aromatic carboxylic acids is 2. The molecule has 0 aliphatic heterocycles. The van der Waals surface area contributed by atoms with Crippen LogP contribution < -0.4 is 10.2 Å². The van der Waals surface area contributed by atoms with Crippen molar-refractivity contribution in [3.8, 4) is 23.0 Å². The van der Waals surface area contributed by atoms with Crippen LogP contribution in [0.2, 0.25) is 0 Å². The Kier molecular flexibility index (Phi) is 24.9. The zero-order valence-electron chi connectivity index (χ0n) is 35.5. The summed E-state index contributed by atoms with van der Waals surface area (Å²) in [6.07, 6.45) is 12.7. The molecule has 0 aliphatic carbocycles. The number of phenolic OH excluding ortho intramolecular Hbond substituents is 2. The Bertz CT molecular complexity index is 1810. The van der Waals surface area contributed by atoms with Crippen LogP contribution in [0.4, 0.5) is 11.4 Å². The average Bonchev–Trinajstić information content (AvgIpc) is 3.22. The Balaban J connectivity index is 0.000000450. The quantitative estimate of drug-likeness (QED) is 0.0408. The number of aryl methyl sites for hydroxylation is 2. The first-order valence-corrected chi connectivity index (χ1v) is 20.7. The van der Waals surface area contributed by atoms with Crippen LogP contribution >= 0.6 is 0 Å². The Hall–Kier alpha value is -5.15. The molecule has 4 aromatic rings. The van der Waals surface area contributed by atoms with Gasteiger partial charge in [-0.1, -0.05) is 104 Å². The monoisotopic (exact) mass is 852 g/mol. The molecule has 11 heteroatoms. The van der Waals surface area contributed by atoms with E-state index in [2.05, 4.69) is 38.1 Å². The predicted molar refractivity (Wildman–Crippen MR) is 230 cm³/mol. The van der Waals surface area contributed by atoms with Crippen LogP contribution in [0.5, 0.6) is 23.0 Å². The van der Waals surface area contributed by atoms with Gasteiger partial charge in [-0.25, -0.2) is 0 Å². The molecule has 0 bridgehead atoms. The zero-order chi connectivity index (χ0) is 43.0. The maximum Gasteiger partial charge on any atom is 2.00 e. The first-order chi connectivity index (χ1) is 27.9. The SMILES string of the molecule is CCCCC(=Nc1ccccc1)C(CCCC)=Nc1ccccc1.CCCCc1cc(O)c(O)c(C(=O)[O-])c1CC.CCCCc1cc(O)c(O)c(C(=O)[O-])c1CC.[Ni+2]. The first kappa shape index (κ1) is 51.9. The Morgan fingerprint density at radius 1 is 0.525 bits per heavy atom. The van der Waals surface area contributed by atoms with Gasteiger partial charge in [0, 0.05) is 11.1 Å². The number of aliphatic imine (C=N–C) groups is 2. The molecule has 10 nitrogen and oxygen atoms in total. The molecule has 0 aliphatic rings. The van der Waals surface area contributed by atoms with Crippen molar-refractivity contribution in [3.63, 3.8) is 0 Å². The first-order valence-electron chi connectivity index (χ1n) is 20.7. The minimum absolute atomic E-state index is 0. The van der Waals surface area contributed by atoms with E-state index in [9.17, 15) is 40.2 Å². The van der Waals surface area contributed by atoms with Crippen LogP contribution in [-0.4, -0.2) is 43.8 Å². The summed E-state index contributed by atoms with van der Waals surface area (Å²) in [6, 6.07) is 23.3. The van der Waals surface area contributed by atoms with Gasteiger partial charge in [-0.3, -0.25) is 9.98 Å². The van der Waals surface area contributed by atoms with Crippen molar-refractivity contribution in [3.05, 3.63) is 106 Å². The minimum Gasteiger partial charge on any atom is -0.545 e. The molecule has 0 aromatic heterocycles. The molecule has 0 heterocycles. The summed E-state index contributed by atoms with van der Waals surface area (Å²) < 4.78 is 0. The van der Waals surface area contributed by atoms with Gasteiger partial charge in [0.1, 0.15) is 0 Å². The largest absolute Gasteiger partial charge is 2.00 e. The molecule has 322 valence electrons. The molecule has 0 saturated heterocycles. The number of nitrogens with zero attached hydrogens (tertiary/aromatic N) is 2. The van der Waals surface area contributed by atoms with Crippen LogP contribution in [-0.2, 0) is 42.2 Å². The Morgan fingerprint density at radius 3 is 1.12 bits per heavy atom. The third-order valence-corrected chi connectivity index (χ3v) is 9.58. The molecular formula is C48H62N2NiO8. The van der Waals surface area contributed by atoms with Gasteiger partial charge in [0.15, 0.2) is 23.0 Å². The second-order valence-electron chi connectivity index (χ2n) is 14.0. The van der Waals surface area contributed by atoms with Crippen LogP contribution in [0.15, 0.2) is 82.8 Å². The van der Waals surface area contributed by atoms with Crippen molar-refractivity contribution in [2.24, 2.45) is 9.98 Å². The zero-order valence-corrected chi connectivity index (χ0v) is 36.4. The van der Waals surface area contributed by atoms with Crippen LogP contribution in [0.1, 0.15) is 149 Å². The number of unbranched alkanes of at least 4 members (excludes halogenated alkanes) is 4. The van der Waals surface area contributed by atoms with Gasteiger partial charge in [-0.15, -0.1) is 0 Å². The van der Waals surface area contributed by atoms with E-state index < -0.39 is 34.9 Å². The fourth-order valence-corrected chi connectivity index (χ4v) is 6.47. The summed E-state index contributed by atoms with van der Waals surface area (Å²) >= 11 is 0. The molecule has 0 amide bonds. The summed E-state index contributed by atoms with van der Waals surface area (Å²) in [5.74, 6) is -4.88. The van der Waals surface area contributed by atoms with Crippen LogP contribution in [0, 0.1) is 0 Å². The maximum atomic E-state index is 11.0. The molecular weight excluding hydrogens is 791 g/mol. The predicted octanol–water partition coefficient (Wildman–Crippen LogP) is 9.64. The number of carboxylic acid groups (broad SMARTS) is 2. The third kappa shape index (κ3) is 16.6. The summed E-state index contributed by atoms with van der Waals surface area (Å²) in [4.78, 5) is 31.9. The number of hydrogen-bond donors (Lipinski definition) is 4. The van der Waals surface area contributed by atoms with Crippen molar-refractivity contribution in [1.29, 1.82) is 0 Å². The number of para-hydroxylation sites is 2. The number of hydrogen-bond acceptors (Lipinski definition) is 10. The van der Waals surface area contributed by atoms with E-state index in [0.29, 0.717) is 36.8 Å². The minimum atomic E-state index is -1.45. The van der Waals surface area contributed by atoms with E-state index in [1.165, 1.54) is 25.0 Å². The molecule has 4 rings (SSSR count). The summed E-state index contributed by atoms with van der Waals surface area (Å²) in [7, 11) is 0. The Morgan fingerprint density at radius 2 is 0.847 bits per heavy atom. The van der Waals surface area contributed by atoms with Gasteiger partial charge < -0.3 is 40.2 Å². The fourth-order valence-electron chi connectivity index (χ4n) is 6.47. The number of carboxylic acids is 2. The van der Waals surface area contributed by atoms with E-state index in [-0.39, 0.29) is 27.6 Å². The molecule has 59 heavy (non-hydrogen) atoms. The van der Waals surface area contributed by atoms with Crippen molar-refractivity contribution in [2.75, 3.05) is 0 Å². The number of carbonyl (C=O) groups excluding carboxylic acids is 2. The molecule has 0 radical (unpaired) electrons. The molecule has 0 spiro atoms. The number of aromatic hydroxyl groups is 4. The van der Waals surface area contributed by atoms with Gasteiger partial charge in [0.25, 0.3) is 0 Å². The van der Waals surface area contributed by atoms with E-state index in [1.807, 2.05) is 64.1 Å². The van der Waals surface area contributed by atoms with Crippen molar-refractivity contribution in [2.45, 2.75) is 131 Å². The average molecular weight is 854 g/mol. The molecule has 0 atom stereocenters. The second-order valence-corrected chi connectivity index (χ2v) is 14.0. The van der Waals surface area contributed by atoms with Crippen LogP contribution in [0.3, 0.4) is 0 Å². The van der Waals surface area contributed by atoms with Gasteiger partial charge >= 0.3 is 16.5 Å². The van der Waals surface area contributed by atoms with Gasteiger partial charge in [-0.2, -0.15) is 0 Å². The topological polar surface area (TPSA) is 186 Å². The van der Waals surface area contributed by atoms with Gasteiger partial charge in [-0.05, 0) is 123 Å². The third-order valence-electron chi connectivity index (χ3n) is 9.58. The van der Waals surface area contributed by atoms with E-state index >= 15 is 0 Å². The molecule has 4 N–H and O–H groups in total. The fraction of sp³-hybridized carbons (Fsp3) is 0.417. The summed E-state index contributed by atoms with van der Waals surface area (Å²) in [5, 5.41) is 60.1. The number of phenols is 4. The van der Waals surface area contributed by atoms with E-state index in [0.717, 1.165) is 85.3 Å². The maximum absolute atomic E-state index is 11.0. The number of carbonyl (C=O) groups is 2. The molecule has 0 fully saturated rings. The molecule has 4 aromatic carbocycles. The molecule has 0 unspecified atom stereocenters. The standard InChI is InChI=1S/C22H28N2.2C13H18O4.Ni/c1-3-5-17-21(23-19-13-9-7-10-14-19)22(18-6-4-2)24-20-15-11-8-12-16-20;2*1-3-5-6-8-7-10(14)12(15)11(13(16)17)9(8)4-2;/h7-16H,3-6,17-18H2,1-2H3;2*7,14-15H,3-6H2,1-2H3,(H,16,17);/q;;;+2/p-2. The second kappa shape index (κ2) is 28.3. The number of rotatable bonds is 19. The summed E-state index contributed by atoms with van der Waals surface area (Å²) in [6.45, 7) is 12.1. The van der Waals surface area contributed by atoms with Crippen molar-refractivity contribution < 1.29 is 56.7 Å². The van der Waals surface area contributed by atoms with E-state index in [1.54, 1.807) is 0 Å².